The summed E-state index contributed by atoms with van der Waals surface area (Å²) in [6.45, 7) is 10.6. The van der Waals surface area contributed by atoms with Gasteiger partial charge < -0.3 is 16.0 Å². The van der Waals surface area contributed by atoms with Crippen LogP contribution < -0.4 is 11.1 Å². The van der Waals surface area contributed by atoms with E-state index >= 15 is 0 Å². The fourth-order valence-electron chi connectivity index (χ4n) is 4.40. The summed E-state index contributed by atoms with van der Waals surface area (Å²) in [6, 6.07) is 7.80. The maximum atomic E-state index is 13.6. The number of piperidine rings is 1. The second-order valence-electron chi connectivity index (χ2n) is 9.53. The van der Waals surface area contributed by atoms with Gasteiger partial charge in [-0.3, -0.25) is 9.79 Å². The number of rotatable bonds is 8. The highest BCUT2D eigenvalue weighted by Crippen LogP contribution is 2.42. The Bertz CT molecular complexity index is 983. The Morgan fingerprint density at radius 3 is 2.76 bits per heavy atom. The Kier molecular flexibility index (Phi) is 8.54. The fraction of sp³-hybridized carbons (Fsp3) is 0.480. The summed E-state index contributed by atoms with van der Waals surface area (Å²) in [4.78, 5) is 24.4. The maximum Gasteiger partial charge on any atom is 0.245 e. The quantitative estimate of drug-likeness (QED) is 0.493. The monoisotopic (exact) mass is 487 g/mol. The van der Waals surface area contributed by atoms with E-state index in [-0.39, 0.29) is 23.3 Å². The highest BCUT2D eigenvalue weighted by molar-refractivity contribution is 7.13. The van der Waals surface area contributed by atoms with Crippen molar-refractivity contribution in [3.8, 4) is 0 Å². The Balaban J connectivity index is 1.66. The van der Waals surface area contributed by atoms with Crippen LogP contribution in [0.1, 0.15) is 51.3 Å². The molecular formula is C25H34ClN5OS. The molecule has 0 aliphatic carbocycles. The van der Waals surface area contributed by atoms with E-state index in [0.29, 0.717) is 12.5 Å². The van der Waals surface area contributed by atoms with Crippen molar-refractivity contribution in [3.05, 3.63) is 58.2 Å². The van der Waals surface area contributed by atoms with Crippen LogP contribution in [0.4, 0.5) is 5.13 Å². The molecule has 3 rings (SSSR count). The number of hydrogen-bond acceptors (Lipinski definition) is 6. The maximum absolute atomic E-state index is 13.6. The molecule has 1 aliphatic rings. The lowest BCUT2D eigenvalue weighted by Crippen LogP contribution is -2.53. The molecule has 1 aromatic carbocycles. The number of nitrogens with two attached hydrogens (primary N) is 1. The van der Waals surface area contributed by atoms with Gasteiger partial charge in [0.25, 0.3) is 0 Å². The molecule has 178 valence electrons. The number of amides is 1. The highest BCUT2D eigenvalue weighted by atomic mass is 35.5. The first-order chi connectivity index (χ1) is 15.7. The zero-order chi connectivity index (χ0) is 24.0. The minimum absolute atomic E-state index is 0.0341. The van der Waals surface area contributed by atoms with Crippen molar-refractivity contribution in [1.82, 2.24) is 9.88 Å². The summed E-state index contributed by atoms with van der Waals surface area (Å²) in [5, 5.41) is 6.85. The molecule has 0 radical (unpaired) electrons. The molecule has 0 spiro atoms. The van der Waals surface area contributed by atoms with E-state index in [2.05, 4.69) is 55.1 Å². The summed E-state index contributed by atoms with van der Waals surface area (Å²) >= 11 is 7.58. The number of carbonyl (C=O) groups is 1. The summed E-state index contributed by atoms with van der Waals surface area (Å²) < 4.78 is 0. The van der Waals surface area contributed by atoms with Gasteiger partial charge in [0.15, 0.2) is 5.13 Å². The molecule has 1 aromatic heterocycles. The van der Waals surface area contributed by atoms with E-state index < -0.39 is 0 Å². The summed E-state index contributed by atoms with van der Waals surface area (Å²) in [7, 11) is 0. The number of nitrogens with zero attached hydrogens (tertiary/aromatic N) is 3. The van der Waals surface area contributed by atoms with Crippen molar-refractivity contribution < 1.29 is 4.79 Å². The zero-order valence-corrected chi connectivity index (χ0v) is 21.4. The van der Waals surface area contributed by atoms with Crippen LogP contribution in [0, 0.1) is 11.3 Å². The molecule has 6 nitrogen and oxygen atoms in total. The molecule has 1 aliphatic heterocycles. The molecular weight excluding hydrogens is 454 g/mol. The number of hydrogen-bond donors (Lipinski definition) is 2. The Hall–Kier alpha value is -2.38. The molecule has 1 fully saturated rings. The molecule has 0 saturated carbocycles. The number of nitrogens with one attached hydrogen (secondary N) is 1. The molecule has 1 saturated heterocycles. The van der Waals surface area contributed by atoms with Gasteiger partial charge in [0.05, 0.1) is 12.2 Å². The van der Waals surface area contributed by atoms with Gasteiger partial charge >= 0.3 is 0 Å². The van der Waals surface area contributed by atoms with Gasteiger partial charge in [-0.05, 0) is 53.6 Å². The normalized spacial score (nSPS) is 19.5. The van der Waals surface area contributed by atoms with Gasteiger partial charge in [-0.15, -0.1) is 11.3 Å². The predicted octanol–water partition coefficient (Wildman–Crippen LogP) is 5.32. The van der Waals surface area contributed by atoms with Gasteiger partial charge in [-0.1, -0.05) is 51.4 Å². The molecule has 1 unspecified atom stereocenters. The second-order valence-corrected chi connectivity index (χ2v) is 10.8. The van der Waals surface area contributed by atoms with Crippen molar-refractivity contribution in [1.29, 1.82) is 0 Å². The Morgan fingerprint density at radius 2 is 2.12 bits per heavy atom. The van der Waals surface area contributed by atoms with Gasteiger partial charge in [0, 0.05) is 29.7 Å². The minimum Gasteiger partial charge on any atom is -0.405 e. The molecule has 8 heteroatoms. The largest absolute Gasteiger partial charge is 0.405 e. The van der Waals surface area contributed by atoms with E-state index in [1.165, 1.54) is 23.1 Å². The van der Waals surface area contributed by atoms with E-state index in [9.17, 15) is 4.79 Å². The van der Waals surface area contributed by atoms with Crippen LogP contribution in [0.5, 0.6) is 0 Å². The number of carbonyl (C=O) groups excluding carboxylic acids is 1. The van der Waals surface area contributed by atoms with Crippen molar-refractivity contribution in [3.63, 3.8) is 0 Å². The van der Waals surface area contributed by atoms with Crippen LogP contribution in [0.15, 0.2) is 46.9 Å². The van der Waals surface area contributed by atoms with Crippen LogP contribution in [-0.4, -0.2) is 41.1 Å². The van der Waals surface area contributed by atoms with Crippen LogP contribution >= 0.6 is 22.9 Å². The molecule has 3 N–H and O–H groups in total. The summed E-state index contributed by atoms with van der Waals surface area (Å²) in [5.74, 6) is 0.658. The average Bonchev–Trinajstić information content (AvgIpc) is 3.22. The van der Waals surface area contributed by atoms with Crippen LogP contribution in [0.25, 0.3) is 0 Å². The Labute approximate surface area is 206 Å². The number of aliphatic imine (C=N–C) groups is 1. The average molecular weight is 488 g/mol. The molecule has 2 atom stereocenters. The Morgan fingerprint density at radius 1 is 1.39 bits per heavy atom. The lowest BCUT2D eigenvalue weighted by molar-refractivity contribution is -0.136. The third-order valence-electron chi connectivity index (χ3n) is 6.13. The van der Waals surface area contributed by atoms with Crippen molar-refractivity contribution >= 4 is 40.2 Å². The van der Waals surface area contributed by atoms with Gasteiger partial charge in [0.1, 0.15) is 6.04 Å². The first kappa shape index (κ1) is 25.2. The van der Waals surface area contributed by atoms with Gasteiger partial charge in [-0.25, -0.2) is 4.98 Å². The number of likely N-dealkylation sites (tertiary alicyclic amines) is 1. The number of aromatic nitrogens is 1. The fourth-order valence-corrected chi connectivity index (χ4v) is 5.27. The first-order valence-electron chi connectivity index (χ1n) is 11.3. The molecule has 2 heterocycles. The van der Waals surface area contributed by atoms with E-state index in [1.54, 1.807) is 12.3 Å². The number of allylic oxidation sites excluding steroid dienone is 1. The lowest BCUT2D eigenvalue weighted by Gasteiger charge is -2.45. The van der Waals surface area contributed by atoms with Crippen LogP contribution in [0.3, 0.4) is 0 Å². The van der Waals surface area contributed by atoms with Crippen molar-refractivity contribution in [2.24, 2.45) is 22.1 Å². The summed E-state index contributed by atoms with van der Waals surface area (Å²) in [6.07, 6.45) is 5.71. The molecule has 0 bridgehead atoms. The third kappa shape index (κ3) is 6.58. The third-order valence-corrected chi connectivity index (χ3v) is 7.21. The smallest absolute Gasteiger partial charge is 0.245 e. The van der Waals surface area contributed by atoms with Crippen molar-refractivity contribution in [2.45, 2.75) is 52.6 Å². The lowest BCUT2D eigenvalue weighted by atomic mass is 9.70. The van der Waals surface area contributed by atoms with E-state index in [0.717, 1.165) is 35.4 Å². The first-order valence-corrected chi connectivity index (χ1v) is 12.6. The number of thiazole rings is 1. The molecule has 2 aromatic rings. The van der Waals surface area contributed by atoms with E-state index in [4.69, 9.17) is 17.3 Å². The van der Waals surface area contributed by atoms with Gasteiger partial charge in [-0.2, -0.15) is 0 Å². The van der Waals surface area contributed by atoms with Crippen molar-refractivity contribution in [2.75, 3.05) is 18.4 Å². The number of anilines is 1. The standard InChI is InChI=1S/C25H34ClN5OS/c1-17(2)22(30-24-29-20(15-33-24)14-28-12-5-11-27)23(32)31-13-10-21(25(3,4)16-31)18-6-8-19(26)9-7-18/h5-9,11-12,15,17,21-22H,10,13-14,16,27H2,1-4H3,(H,29,30)/t21?,22-/m1/s1. The topological polar surface area (TPSA) is 83.6 Å². The SMILES string of the molecule is CC(C)[C@@H](Nc1nc(CN=CC=CN)cs1)C(=O)N1CCC(c2ccc(Cl)cc2)C(C)(C)C1. The van der Waals surface area contributed by atoms with E-state index in [1.807, 2.05) is 22.4 Å². The van der Waals surface area contributed by atoms with Gasteiger partial charge in [0.2, 0.25) is 5.91 Å². The van der Waals surface area contributed by atoms with Crippen LogP contribution in [-0.2, 0) is 11.3 Å². The zero-order valence-electron chi connectivity index (χ0n) is 19.8. The molecule has 33 heavy (non-hydrogen) atoms. The predicted molar refractivity (Wildman–Crippen MR) is 139 cm³/mol. The summed E-state index contributed by atoms with van der Waals surface area (Å²) in [5.41, 5.74) is 7.43. The minimum atomic E-state index is -0.324. The van der Waals surface area contributed by atoms with Crippen LogP contribution in [0.2, 0.25) is 5.02 Å². The second kappa shape index (κ2) is 11.2. The highest BCUT2D eigenvalue weighted by Gasteiger charge is 2.40. The number of benzene rings is 1. The molecule has 1 amide bonds. The number of halogens is 1.